The maximum atomic E-state index is 5.74. The molecule has 0 amide bonds. The van der Waals surface area contributed by atoms with Crippen molar-refractivity contribution in [2.24, 2.45) is 0 Å². The number of rotatable bonds is 5. The molecule has 0 aromatic carbocycles. The van der Waals surface area contributed by atoms with E-state index < -0.39 is 0 Å². The van der Waals surface area contributed by atoms with Crippen LogP contribution < -0.4 is 0 Å². The molecule has 1 aromatic rings. The lowest BCUT2D eigenvalue weighted by atomic mass is 10.4. The Bertz CT molecular complexity index is 245. The monoisotopic (exact) mass is 201 g/mol. The van der Waals surface area contributed by atoms with Gasteiger partial charge in [-0.2, -0.15) is 0 Å². The first kappa shape index (κ1) is 10.5. The summed E-state index contributed by atoms with van der Waals surface area (Å²) in [4.78, 5) is 6.23. The van der Waals surface area contributed by atoms with Crippen LogP contribution in [0, 0.1) is 0 Å². The van der Waals surface area contributed by atoms with E-state index in [1.165, 1.54) is 0 Å². The SMILES string of the molecule is CN(C)CCCn1cncc1CCl. The van der Waals surface area contributed by atoms with Crippen LogP contribution in [0.3, 0.4) is 0 Å². The maximum absolute atomic E-state index is 5.74. The molecular formula is C9H16ClN3. The minimum absolute atomic E-state index is 0.544. The molecule has 0 bridgehead atoms. The molecule has 0 aliphatic rings. The highest BCUT2D eigenvalue weighted by Crippen LogP contribution is 2.04. The van der Waals surface area contributed by atoms with E-state index in [1.807, 2.05) is 12.5 Å². The van der Waals surface area contributed by atoms with Crippen molar-refractivity contribution in [3.63, 3.8) is 0 Å². The first-order valence-electron chi connectivity index (χ1n) is 4.43. The summed E-state index contributed by atoms with van der Waals surface area (Å²) in [6.07, 6.45) is 4.79. The van der Waals surface area contributed by atoms with Gasteiger partial charge in [0.2, 0.25) is 0 Å². The lowest BCUT2D eigenvalue weighted by Crippen LogP contribution is -2.15. The summed E-state index contributed by atoms with van der Waals surface area (Å²) in [7, 11) is 4.16. The Morgan fingerprint density at radius 1 is 1.54 bits per heavy atom. The van der Waals surface area contributed by atoms with Gasteiger partial charge in [0.05, 0.1) is 17.9 Å². The normalized spacial score (nSPS) is 11.1. The minimum atomic E-state index is 0.544. The zero-order valence-corrected chi connectivity index (χ0v) is 8.96. The van der Waals surface area contributed by atoms with Crippen LogP contribution in [0.4, 0.5) is 0 Å². The third-order valence-electron chi connectivity index (χ3n) is 1.94. The van der Waals surface area contributed by atoms with Crippen LogP contribution in [0.15, 0.2) is 12.5 Å². The second kappa shape index (κ2) is 5.25. The summed E-state index contributed by atoms with van der Waals surface area (Å²) in [6, 6.07) is 0. The lowest BCUT2D eigenvalue weighted by molar-refractivity contribution is 0.385. The van der Waals surface area contributed by atoms with E-state index in [-0.39, 0.29) is 0 Å². The molecule has 0 aliphatic carbocycles. The van der Waals surface area contributed by atoms with Crippen LogP contribution in [0.1, 0.15) is 12.1 Å². The standard InChI is InChI=1S/C9H16ClN3/c1-12(2)4-3-5-13-8-11-7-9(13)6-10/h7-8H,3-6H2,1-2H3. The molecule has 0 atom stereocenters. The van der Waals surface area contributed by atoms with Crippen LogP contribution >= 0.6 is 11.6 Å². The smallest absolute Gasteiger partial charge is 0.0948 e. The van der Waals surface area contributed by atoms with E-state index in [1.54, 1.807) is 0 Å². The van der Waals surface area contributed by atoms with Gasteiger partial charge in [0.1, 0.15) is 0 Å². The second-order valence-corrected chi connectivity index (χ2v) is 3.64. The molecular weight excluding hydrogens is 186 g/mol. The van der Waals surface area contributed by atoms with Gasteiger partial charge in [0.25, 0.3) is 0 Å². The first-order valence-corrected chi connectivity index (χ1v) is 4.97. The van der Waals surface area contributed by atoms with Gasteiger partial charge in [0, 0.05) is 12.7 Å². The Labute approximate surface area is 84.3 Å². The van der Waals surface area contributed by atoms with Crippen LogP contribution in [0.2, 0.25) is 0 Å². The number of hydrogen-bond donors (Lipinski definition) is 0. The number of alkyl halides is 1. The number of halogens is 1. The minimum Gasteiger partial charge on any atom is -0.333 e. The Morgan fingerprint density at radius 3 is 2.92 bits per heavy atom. The Balaban J connectivity index is 2.36. The summed E-state index contributed by atoms with van der Waals surface area (Å²) >= 11 is 5.74. The van der Waals surface area contributed by atoms with Crippen LogP contribution in [-0.2, 0) is 12.4 Å². The third-order valence-corrected chi connectivity index (χ3v) is 2.21. The fraction of sp³-hybridized carbons (Fsp3) is 0.667. The fourth-order valence-electron chi connectivity index (χ4n) is 1.22. The van der Waals surface area contributed by atoms with E-state index in [4.69, 9.17) is 11.6 Å². The fourth-order valence-corrected chi connectivity index (χ4v) is 1.44. The maximum Gasteiger partial charge on any atom is 0.0948 e. The lowest BCUT2D eigenvalue weighted by Gasteiger charge is -2.10. The van der Waals surface area contributed by atoms with E-state index in [9.17, 15) is 0 Å². The number of aryl methyl sites for hydroxylation is 1. The van der Waals surface area contributed by atoms with Crippen molar-refractivity contribution >= 4 is 11.6 Å². The average Bonchev–Trinajstić information content (AvgIpc) is 2.51. The highest BCUT2D eigenvalue weighted by molar-refractivity contribution is 6.16. The van der Waals surface area contributed by atoms with Crippen molar-refractivity contribution in [2.75, 3.05) is 20.6 Å². The number of nitrogens with zero attached hydrogens (tertiary/aromatic N) is 3. The predicted molar refractivity (Wildman–Crippen MR) is 55.0 cm³/mol. The summed E-state index contributed by atoms with van der Waals surface area (Å²) in [5, 5.41) is 0. The first-order chi connectivity index (χ1) is 6.24. The van der Waals surface area contributed by atoms with Gasteiger partial charge in [0.15, 0.2) is 0 Å². The van der Waals surface area contributed by atoms with Gasteiger partial charge in [-0.15, -0.1) is 11.6 Å². The largest absolute Gasteiger partial charge is 0.333 e. The molecule has 1 heterocycles. The summed E-state index contributed by atoms with van der Waals surface area (Å²) in [6.45, 7) is 2.10. The summed E-state index contributed by atoms with van der Waals surface area (Å²) < 4.78 is 2.11. The number of hydrogen-bond acceptors (Lipinski definition) is 2. The highest BCUT2D eigenvalue weighted by atomic mass is 35.5. The molecule has 0 radical (unpaired) electrons. The van der Waals surface area contributed by atoms with E-state index >= 15 is 0 Å². The molecule has 1 rings (SSSR count). The van der Waals surface area contributed by atoms with Crippen LogP contribution in [0.5, 0.6) is 0 Å². The number of aromatic nitrogens is 2. The predicted octanol–water partition coefficient (Wildman–Crippen LogP) is 1.57. The molecule has 0 saturated carbocycles. The van der Waals surface area contributed by atoms with Gasteiger partial charge >= 0.3 is 0 Å². The van der Waals surface area contributed by atoms with E-state index in [0.29, 0.717) is 5.88 Å². The van der Waals surface area contributed by atoms with Crippen molar-refractivity contribution in [3.8, 4) is 0 Å². The molecule has 0 spiro atoms. The van der Waals surface area contributed by atoms with Gasteiger partial charge in [-0.05, 0) is 27.1 Å². The van der Waals surface area contributed by atoms with E-state index in [0.717, 1.165) is 25.2 Å². The topological polar surface area (TPSA) is 21.1 Å². The summed E-state index contributed by atoms with van der Waals surface area (Å²) in [5.41, 5.74) is 1.10. The quantitative estimate of drug-likeness (QED) is 0.675. The molecule has 4 heteroatoms. The van der Waals surface area contributed by atoms with Gasteiger partial charge in [-0.1, -0.05) is 0 Å². The van der Waals surface area contributed by atoms with E-state index in [2.05, 4.69) is 28.5 Å². The molecule has 0 fully saturated rings. The van der Waals surface area contributed by atoms with Crippen LogP contribution in [0.25, 0.3) is 0 Å². The Hall–Kier alpha value is -0.540. The Morgan fingerprint density at radius 2 is 2.31 bits per heavy atom. The van der Waals surface area contributed by atoms with Crippen molar-refractivity contribution in [3.05, 3.63) is 18.2 Å². The average molecular weight is 202 g/mol. The molecule has 0 aliphatic heterocycles. The van der Waals surface area contributed by atoms with Gasteiger partial charge in [-0.3, -0.25) is 0 Å². The van der Waals surface area contributed by atoms with Gasteiger partial charge in [-0.25, -0.2) is 4.98 Å². The highest BCUT2D eigenvalue weighted by Gasteiger charge is 1.99. The molecule has 13 heavy (non-hydrogen) atoms. The summed E-state index contributed by atoms with van der Waals surface area (Å²) in [5.74, 6) is 0.544. The molecule has 0 N–H and O–H groups in total. The van der Waals surface area contributed by atoms with Gasteiger partial charge < -0.3 is 9.47 Å². The molecule has 0 unspecified atom stereocenters. The molecule has 74 valence electrons. The number of imidazole rings is 1. The third kappa shape index (κ3) is 3.36. The van der Waals surface area contributed by atoms with Crippen LogP contribution in [-0.4, -0.2) is 35.1 Å². The zero-order valence-electron chi connectivity index (χ0n) is 8.20. The van der Waals surface area contributed by atoms with Crippen molar-refractivity contribution in [1.82, 2.24) is 14.5 Å². The van der Waals surface area contributed by atoms with Crippen molar-refractivity contribution in [2.45, 2.75) is 18.8 Å². The van der Waals surface area contributed by atoms with Crippen molar-refractivity contribution in [1.29, 1.82) is 0 Å². The Kier molecular flexibility index (Phi) is 4.25. The zero-order chi connectivity index (χ0) is 9.68. The molecule has 1 aromatic heterocycles. The molecule has 0 saturated heterocycles. The van der Waals surface area contributed by atoms with Crippen molar-refractivity contribution < 1.29 is 0 Å². The second-order valence-electron chi connectivity index (χ2n) is 3.37. The molecule has 3 nitrogen and oxygen atoms in total.